The number of hydrogen-bond acceptors (Lipinski definition) is 2. The van der Waals surface area contributed by atoms with Gasteiger partial charge in [0.15, 0.2) is 0 Å². The summed E-state index contributed by atoms with van der Waals surface area (Å²) in [5.41, 5.74) is 1.37. The Morgan fingerprint density at radius 1 is 1.00 bits per heavy atom. The summed E-state index contributed by atoms with van der Waals surface area (Å²) in [4.78, 5) is 2.81. The molecule has 3 rings (SSSR count). The molecule has 0 radical (unpaired) electrons. The van der Waals surface area contributed by atoms with Gasteiger partial charge in [0.1, 0.15) is 0 Å². The zero-order chi connectivity index (χ0) is 18.4. The molecule has 1 aromatic rings. The average molecular weight is 358 g/mol. The van der Waals surface area contributed by atoms with Crippen molar-refractivity contribution >= 4 is 0 Å². The van der Waals surface area contributed by atoms with Crippen LogP contribution in [-0.2, 0) is 4.74 Å². The number of ether oxygens (including phenoxy) is 1. The fourth-order valence-electron chi connectivity index (χ4n) is 4.90. The zero-order valence-corrected chi connectivity index (χ0v) is 17.2. The van der Waals surface area contributed by atoms with Gasteiger partial charge in [0.05, 0.1) is 12.2 Å². The molecule has 2 bridgehead atoms. The van der Waals surface area contributed by atoms with Crippen LogP contribution in [0.3, 0.4) is 0 Å². The van der Waals surface area contributed by atoms with E-state index in [4.69, 9.17) is 4.74 Å². The lowest BCUT2D eigenvalue weighted by molar-refractivity contribution is -0.0664. The van der Waals surface area contributed by atoms with Gasteiger partial charge >= 0.3 is 0 Å². The third-order valence-electron chi connectivity index (χ3n) is 6.40. The van der Waals surface area contributed by atoms with Crippen LogP contribution in [0.2, 0.25) is 0 Å². The molecule has 0 aromatic heterocycles. The Hall–Kier alpha value is -0.860. The standard InChI is InChI=1S/C24H39NO/c1-4-5-7-12-24(20-10-8-6-9-11-20)26-23-17-21-13-14-22(18-23)25(21)16-15-19(2)3/h6,8-11,19,21-24H,4-5,7,12-18H2,1-3H3/t21-,22+,23?,24?. The number of unbranched alkanes of at least 4 members (excludes halogenated alkanes) is 2. The van der Waals surface area contributed by atoms with Gasteiger partial charge in [-0.25, -0.2) is 0 Å². The normalized spacial score (nSPS) is 27.2. The quantitative estimate of drug-likeness (QED) is 0.451. The van der Waals surface area contributed by atoms with Gasteiger partial charge in [-0.05, 0) is 56.6 Å². The molecule has 2 heteroatoms. The van der Waals surface area contributed by atoms with Crippen molar-refractivity contribution in [3.63, 3.8) is 0 Å². The first-order valence-electron chi connectivity index (χ1n) is 11.1. The summed E-state index contributed by atoms with van der Waals surface area (Å²) < 4.78 is 6.75. The van der Waals surface area contributed by atoms with Crippen LogP contribution in [0.15, 0.2) is 30.3 Å². The molecule has 2 aliphatic heterocycles. The van der Waals surface area contributed by atoms with Crippen molar-refractivity contribution in [2.45, 2.75) is 103 Å². The van der Waals surface area contributed by atoms with E-state index >= 15 is 0 Å². The van der Waals surface area contributed by atoms with Crippen molar-refractivity contribution in [1.82, 2.24) is 4.90 Å². The fourth-order valence-corrected chi connectivity index (χ4v) is 4.90. The average Bonchev–Trinajstić information content (AvgIpc) is 2.88. The van der Waals surface area contributed by atoms with E-state index in [0.717, 1.165) is 18.0 Å². The van der Waals surface area contributed by atoms with Crippen LogP contribution in [0.4, 0.5) is 0 Å². The number of hydrogen-bond donors (Lipinski definition) is 0. The fraction of sp³-hybridized carbons (Fsp3) is 0.750. The van der Waals surface area contributed by atoms with Gasteiger partial charge in [-0.15, -0.1) is 0 Å². The van der Waals surface area contributed by atoms with Gasteiger partial charge in [0.25, 0.3) is 0 Å². The Morgan fingerprint density at radius 3 is 2.31 bits per heavy atom. The van der Waals surface area contributed by atoms with Crippen molar-refractivity contribution in [3.8, 4) is 0 Å². The summed E-state index contributed by atoms with van der Waals surface area (Å²) in [5, 5.41) is 0. The molecular formula is C24H39NO. The molecule has 2 heterocycles. The lowest BCUT2D eigenvalue weighted by Crippen LogP contribution is -2.46. The van der Waals surface area contributed by atoms with Crippen LogP contribution in [0.5, 0.6) is 0 Å². The Kier molecular flexibility index (Phi) is 7.57. The monoisotopic (exact) mass is 357 g/mol. The smallest absolute Gasteiger partial charge is 0.0828 e. The second-order valence-corrected chi connectivity index (χ2v) is 8.93. The minimum Gasteiger partial charge on any atom is -0.370 e. The van der Waals surface area contributed by atoms with Gasteiger partial charge in [0, 0.05) is 12.1 Å². The summed E-state index contributed by atoms with van der Waals surface area (Å²) in [5.74, 6) is 0.810. The number of nitrogens with zero attached hydrogens (tertiary/aromatic N) is 1. The van der Waals surface area contributed by atoms with E-state index in [1.54, 1.807) is 0 Å². The zero-order valence-electron chi connectivity index (χ0n) is 17.2. The number of benzene rings is 1. The third kappa shape index (κ3) is 5.33. The Bertz CT molecular complexity index is 500. The molecule has 2 saturated heterocycles. The first-order valence-corrected chi connectivity index (χ1v) is 11.1. The summed E-state index contributed by atoms with van der Waals surface area (Å²) in [6, 6.07) is 12.5. The maximum Gasteiger partial charge on any atom is 0.0828 e. The van der Waals surface area contributed by atoms with Crippen molar-refractivity contribution in [2.24, 2.45) is 5.92 Å². The molecule has 0 N–H and O–H groups in total. The van der Waals surface area contributed by atoms with Crippen LogP contribution in [0, 0.1) is 5.92 Å². The van der Waals surface area contributed by atoms with E-state index in [0.29, 0.717) is 6.10 Å². The van der Waals surface area contributed by atoms with Crippen LogP contribution < -0.4 is 0 Å². The Labute approximate surface area is 161 Å². The molecule has 2 fully saturated rings. The highest BCUT2D eigenvalue weighted by Crippen LogP contribution is 2.39. The number of piperidine rings is 1. The lowest BCUT2D eigenvalue weighted by atomic mass is 9.97. The van der Waals surface area contributed by atoms with Crippen LogP contribution >= 0.6 is 0 Å². The van der Waals surface area contributed by atoms with Crippen LogP contribution in [0.1, 0.15) is 90.2 Å². The van der Waals surface area contributed by atoms with Crippen LogP contribution in [0.25, 0.3) is 0 Å². The van der Waals surface area contributed by atoms with E-state index in [9.17, 15) is 0 Å². The molecule has 1 aromatic carbocycles. The van der Waals surface area contributed by atoms with Gasteiger partial charge in [0.2, 0.25) is 0 Å². The molecule has 26 heavy (non-hydrogen) atoms. The van der Waals surface area contributed by atoms with Gasteiger partial charge in [-0.3, -0.25) is 4.90 Å². The summed E-state index contributed by atoms with van der Waals surface area (Å²) in [7, 11) is 0. The van der Waals surface area contributed by atoms with Crippen molar-refractivity contribution < 1.29 is 4.74 Å². The number of rotatable bonds is 10. The highest BCUT2D eigenvalue weighted by Gasteiger charge is 2.41. The highest BCUT2D eigenvalue weighted by molar-refractivity contribution is 5.17. The summed E-state index contributed by atoms with van der Waals surface area (Å²) in [6.45, 7) is 8.26. The van der Waals surface area contributed by atoms with Crippen LogP contribution in [-0.4, -0.2) is 29.6 Å². The molecule has 0 aliphatic carbocycles. The topological polar surface area (TPSA) is 12.5 Å². The molecular weight excluding hydrogens is 318 g/mol. The first kappa shape index (κ1) is 19.9. The molecule has 2 unspecified atom stereocenters. The maximum absolute atomic E-state index is 6.75. The molecule has 0 spiro atoms. The molecule has 4 atom stereocenters. The first-order chi connectivity index (χ1) is 12.7. The van der Waals surface area contributed by atoms with Crippen molar-refractivity contribution in [1.29, 1.82) is 0 Å². The molecule has 146 valence electrons. The van der Waals surface area contributed by atoms with E-state index in [1.807, 2.05) is 0 Å². The molecule has 2 nitrogen and oxygen atoms in total. The summed E-state index contributed by atoms with van der Waals surface area (Å²) >= 11 is 0. The second kappa shape index (κ2) is 9.90. The minimum absolute atomic E-state index is 0.286. The minimum atomic E-state index is 0.286. The Balaban J connectivity index is 1.58. The largest absolute Gasteiger partial charge is 0.370 e. The van der Waals surface area contributed by atoms with E-state index < -0.39 is 0 Å². The summed E-state index contributed by atoms with van der Waals surface area (Å²) in [6.07, 6.45) is 12.4. The van der Waals surface area contributed by atoms with Gasteiger partial charge in [-0.2, -0.15) is 0 Å². The molecule has 0 saturated carbocycles. The predicted molar refractivity (Wildman–Crippen MR) is 110 cm³/mol. The van der Waals surface area contributed by atoms with E-state index in [2.05, 4.69) is 56.0 Å². The number of fused-ring (bicyclic) bond motifs is 2. The second-order valence-electron chi connectivity index (χ2n) is 8.93. The van der Waals surface area contributed by atoms with Gasteiger partial charge < -0.3 is 4.74 Å². The highest BCUT2D eigenvalue weighted by atomic mass is 16.5. The predicted octanol–water partition coefficient (Wildman–Crippen LogP) is 6.37. The van der Waals surface area contributed by atoms with Gasteiger partial charge in [-0.1, -0.05) is 70.4 Å². The lowest BCUT2D eigenvalue weighted by Gasteiger charge is -2.40. The Morgan fingerprint density at radius 2 is 1.69 bits per heavy atom. The SMILES string of the molecule is CCCCCC(OC1C[C@H]2CC[C@@H](C1)N2CCC(C)C)c1ccccc1. The molecule has 2 aliphatic rings. The third-order valence-corrected chi connectivity index (χ3v) is 6.40. The molecule has 0 amide bonds. The van der Waals surface area contributed by atoms with Crippen molar-refractivity contribution in [3.05, 3.63) is 35.9 Å². The van der Waals surface area contributed by atoms with Crippen molar-refractivity contribution in [2.75, 3.05) is 6.54 Å². The van der Waals surface area contributed by atoms with E-state index in [-0.39, 0.29) is 6.10 Å². The maximum atomic E-state index is 6.75. The van der Waals surface area contributed by atoms with E-state index in [1.165, 1.54) is 69.9 Å².